The maximum absolute atomic E-state index is 12.6. The summed E-state index contributed by atoms with van der Waals surface area (Å²) in [6.07, 6.45) is 9.40. The Balaban J connectivity index is 2.15. The third kappa shape index (κ3) is 2.89. The molecule has 0 radical (unpaired) electrons. The Bertz CT molecular complexity index is 442. The molecule has 1 saturated carbocycles. The third-order valence-electron chi connectivity index (χ3n) is 4.81. The van der Waals surface area contributed by atoms with E-state index in [2.05, 4.69) is 31.2 Å². The number of hydrogen-bond donors (Lipinski definition) is 1. The second-order valence-electron chi connectivity index (χ2n) is 5.93. The van der Waals surface area contributed by atoms with Gasteiger partial charge in [-0.3, -0.25) is 9.48 Å². The highest BCUT2D eigenvalue weighted by atomic mass is 16.2. The highest BCUT2D eigenvalue weighted by molar-refractivity contribution is 5.93. The fourth-order valence-corrected chi connectivity index (χ4v) is 3.34. The van der Waals surface area contributed by atoms with Gasteiger partial charge >= 0.3 is 0 Å². The fraction of sp³-hybridized carbons (Fsp3) is 0.750. The number of hydrogen-bond acceptors (Lipinski definition) is 2. The average Bonchev–Trinajstić information content (AvgIpc) is 3.10. The topological polar surface area (TPSA) is 46.9 Å². The van der Waals surface area contributed by atoms with Crippen LogP contribution in [0.4, 0.5) is 0 Å². The lowest BCUT2D eigenvalue weighted by Crippen LogP contribution is -2.46. The molecule has 1 aliphatic carbocycles. The molecule has 1 heterocycles. The molecule has 4 nitrogen and oxygen atoms in total. The predicted octanol–water partition coefficient (Wildman–Crippen LogP) is 3.70. The number of carbonyl (C=O) groups is 1. The van der Waals surface area contributed by atoms with Crippen molar-refractivity contribution in [3.8, 4) is 0 Å². The molecule has 1 fully saturated rings. The summed E-state index contributed by atoms with van der Waals surface area (Å²) in [5, 5.41) is 7.65. The molecule has 1 aromatic rings. The van der Waals surface area contributed by atoms with Gasteiger partial charge in [-0.2, -0.15) is 5.10 Å². The molecule has 0 atom stereocenters. The molecule has 1 aromatic heterocycles. The van der Waals surface area contributed by atoms with E-state index in [1.165, 1.54) is 12.8 Å². The van der Waals surface area contributed by atoms with E-state index in [0.717, 1.165) is 32.1 Å². The SMILES string of the molecule is CCC(CC)n1nccc1C(=O)NC1(CC)CCCC1. The predicted molar refractivity (Wildman–Crippen MR) is 80.8 cm³/mol. The van der Waals surface area contributed by atoms with E-state index < -0.39 is 0 Å². The van der Waals surface area contributed by atoms with Gasteiger partial charge in [0.2, 0.25) is 0 Å². The van der Waals surface area contributed by atoms with Crippen molar-refractivity contribution in [2.75, 3.05) is 0 Å². The maximum atomic E-state index is 12.6. The summed E-state index contributed by atoms with van der Waals surface area (Å²) in [5.74, 6) is 0.0400. The molecule has 0 aliphatic heterocycles. The Morgan fingerprint density at radius 1 is 1.35 bits per heavy atom. The van der Waals surface area contributed by atoms with Crippen molar-refractivity contribution in [1.82, 2.24) is 15.1 Å². The van der Waals surface area contributed by atoms with Crippen molar-refractivity contribution >= 4 is 5.91 Å². The van der Waals surface area contributed by atoms with Gasteiger partial charge in [-0.25, -0.2) is 0 Å². The van der Waals surface area contributed by atoms with E-state index in [1.54, 1.807) is 6.20 Å². The van der Waals surface area contributed by atoms with Crippen molar-refractivity contribution in [3.63, 3.8) is 0 Å². The molecule has 20 heavy (non-hydrogen) atoms. The van der Waals surface area contributed by atoms with E-state index in [1.807, 2.05) is 10.7 Å². The third-order valence-corrected chi connectivity index (χ3v) is 4.81. The van der Waals surface area contributed by atoms with Crippen LogP contribution in [0, 0.1) is 0 Å². The molecule has 4 heteroatoms. The summed E-state index contributed by atoms with van der Waals surface area (Å²) < 4.78 is 1.90. The van der Waals surface area contributed by atoms with Crippen molar-refractivity contribution in [2.45, 2.75) is 77.3 Å². The number of amides is 1. The zero-order valence-electron chi connectivity index (χ0n) is 13.0. The molecule has 1 N–H and O–H groups in total. The lowest BCUT2D eigenvalue weighted by molar-refractivity contribution is 0.0882. The van der Waals surface area contributed by atoms with Gasteiger partial charge < -0.3 is 5.32 Å². The van der Waals surface area contributed by atoms with Gasteiger partial charge in [-0.15, -0.1) is 0 Å². The molecule has 1 amide bonds. The van der Waals surface area contributed by atoms with Crippen molar-refractivity contribution in [1.29, 1.82) is 0 Å². The second kappa shape index (κ2) is 6.42. The summed E-state index contributed by atoms with van der Waals surface area (Å²) in [4.78, 5) is 12.6. The van der Waals surface area contributed by atoms with Crippen molar-refractivity contribution < 1.29 is 4.79 Å². The molecule has 2 rings (SSSR count). The quantitative estimate of drug-likeness (QED) is 0.862. The lowest BCUT2D eigenvalue weighted by Gasteiger charge is -2.29. The van der Waals surface area contributed by atoms with Crippen LogP contribution in [-0.2, 0) is 0 Å². The maximum Gasteiger partial charge on any atom is 0.269 e. The smallest absolute Gasteiger partial charge is 0.269 e. The summed E-state index contributed by atoms with van der Waals surface area (Å²) in [6, 6.07) is 2.15. The first-order chi connectivity index (χ1) is 9.65. The van der Waals surface area contributed by atoms with Crippen LogP contribution in [0.25, 0.3) is 0 Å². The molecule has 112 valence electrons. The Kier molecular flexibility index (Phi) is 4.84. The molecular weight excluding hydrogens is 250 g/mol. The summed E-state index contributed by atoms with van der Waals surface area (Å²) in [6.45, 7) is 6.45. The molecule has 0 unspecified atom stereocenters. The zero-order valence-corrected chi connectivity index (χ0v) is 13.0. The van der Waals surface area contributed by atoms with Crippen molar-refractivity contribution in [3.05, 3.63) is 18.0 Å². The molecule has 0 aromatic carbocycles. The van der Waals surface area contributed by atoms with Gasteiger partial charge in [0.05, 0.1) is 6.04 Å². The Labute approximate surface area is 121 Å². The molecular formula is C16H27N3O. The van der Waals surface area contributed by atoms with Crippen LogP contribution >= 0.6 is 0 Å². The van der Waals surface area contributed by atoms with Crippen LogP contribution in [0.3, 0.4) is 0 Å². The van der Waals surface area contributed by atoms with Crippen LogP contribution in [0.2, 0.25) is 0 Å². The van der Waals surface area contributed by atoms with Gasteiger partial charge in [0, 0.05) is 11.7 Å². The molecule has 0 saturated heterocycles. The highest BCUT2D eigenvalue weighted by Gasteiger charge is 2.34. The van der Waals surface area contributed by atoms with E-state index in [9.17, 15) is 4.79 Å². The second-order valence-corrected chi connectivity index (χ2v) is 5.93. The minimum Gasteiger partial charge on any atom is -0.345 e. The Morgan fingerprint density at radius 3 is 2.55 bits per heavy atom. The first-order valence-corrected chi connectivity index (χ1v) is 8.01. The van der Waals surface area contributed by atoms with Crippen LogP contribution in [0.1, 0.15) is 82.2 Å². The van der Waals surface area contributed by atoms with E-state index >= 15 is 0 Å². The lowest BCUT2D eigenvalue weighted by atomic mass is 9.94. The average molecular weight is 277 g/mol. The van der Waals surface area contributed by atoms with Crippen LogP contribution in [0.5, 0.6) is 0 Å². The number of carbonyl (C=O) groups excluding carboxylic acids is 1. The standard InChI is InChI=1S/C16H27N3O/c1-4-13(5-2)19-14(9-12-17-19)15(20)18-16(6-3)10-7-8-11-16/h9,12-13H,4-8,10-11H2,1-3H3,(H,18,20). The summed E-state index contributed by atoms with van der Waals surface area (Å²) in [7, 11) is 0. The van der Waals surface area contributed by atoms with Gasteiger partial charge in [0.15, 0.2) is 0 Å². The number of nitrogens with one attached hydrogen (secondary N) is 1. The van der Waals surface area contributed by atoms with E-state index in [-0.39, 0.29) is 11.4 Å². The highest BCUT2D eigenvalue weighted by Crippen LogP contribution is 2.32. The van der Waals surface area contributed by atoms with Crippen LogP contribution in [0.15, 0.2) is 12.3 Å². The molecule has 1 aliphatic rings. The summed E-state index contributed by atoms with van der Waals surface area (Å²) in [5.41, 5.74) is 0.721. The first kappa shape index (κ1) is 15.1. The minimum absolute atomic E-state index is 0.0140. The van der Waals surface area contributed by atoms with Gasteiger partial charge in [-0.1, -0.05) is 33.6 Å². The fourth-order valence-electron chi connectivity index (χ4n) is 3.34. The normalized spacial score (nSPS) is 17.6. The van der Waals surface area contributed by atoms with Crippen LogP contribution < -0.4 is 5.32 Å². The van der Waals surface area contributed by atoms with Gasteiger partial charge in [0.25, 0.3) is 5.91 Å². The van der Waals surface area contributed by atoms with E-state index in [0.29, 0.717) is 11.7 Å². The molecule has 0 spiro atoms. The molecule has 0 bridgehead atoms. The summed E-state index contributed by atoms with van der Waals surface area (Å²) >= 11 is 0. The number of aromatic nitrogens is 2. The van der Waals surface area contributed by atoms with Gasteiger partial charge in [-0.05, 0) is 38.2 Å². The van der Waals surface area contributed by atoms with Gasteiger partial charge in [0.1, 0.15) is 5.69 Å². The Hall–Kier alpha value is -1.32. The van der Waals surface area contributed by atoms with Crippen molar-refractivity contribution in [2.24, 2.45) is 0 Å². The Morgan fingerprint density at radius 2 is 2.00 bits per heavy atom. The zero-order chi connectivity index (χ0) is 14.6. The number of rotatable bonds is 6. The first-order valence-electron chi connectivity index (χ1n) is 8.01. The minimum atomic E-state index is 0.0140. The number of nitrogens with zero attached hydrogens (tertiary/aromatic N) is 2. The van der Waals surface area contributed by atoms with Crippen LogP contribution in [-0.4, -0.2) is 21.2 Å². The monoisotopic (exact) mass is 277 g/mol. The van der Waals surface area contributed by atoms with E-state index in [4.69, 9.17) is 0 Å². The largest absolute Gasteiger partial charge is 0.345 e.